The molecule has 1 atom stereocenters. The highest BCUT2D eigenvalue weighted by Crippen LogP contribution is 2.29. The van der Waals surface area contributed by atoms with E-state index in [1.807, 2.05) is 80.7 Å². The number of aromatic nitrogens is 3. The second kappa shape index (κ2) is 12.1. The summed E-state index contributed by atoms with van der Waals surface area (Å²) < 4.78 is 7.60. The number of hydrogen-bond donors (Lipinski definition) is 2. The predicted molar refractivity (Wildman–Crippen MR) is 152 cm³/mol. The van der Waals surface area contributed by atoms with Crippen LogP contribution in [0.15, 0.2) is 72.9 Å². The van der Waals surface area contributed by atoms with Gasteiger partial charge < -0.3 is 20.3 Å². The Morgan fingerprint density at radius 3 is 2.50 bits per heavy atom. The summed E-state index contributed by atoms with van der Waals surface area (Å²) in [5.41, 5.74) is 3.26. The van der Waals surface area contributed by atoms with E-state index < -0.39 is 0 Å². The van der Waals surface area contributed by atoms with Gasteiger partial charge in [0.1, 0.15) is 5.75 Å². The van der Waals surface area contributed by atoms with E-state index in [1.54, 1.807) is 11.3 Å². The van der Waals surface area contributed by atoms with Crippen LogP contribution in [-0.2, 0) is 11.3 Å². The highest BCUT2D eigenvalue weighted by Gasteiger charge is 2.27. The van der Waals surface area contributed by atoms with Gasteiger partial charge in [-0.15, -0.1) is 10.2 Å². The molecule has 0 spiro atoms. The van der Waals surface area contributed by atoms with E-state index in [4.69, 9.17) is 4.74 Å². The number of rotatable bonds is 10. The third kappa shape index (κ3) is 6.16. The van der Waals surface area contributed by atoms with E-state index >= 15 is 0 Å². The van der Waals surface area contributed by atoms with E-state index in [2.05, 4.69) is 36.4 Å². The van der Waals surface area contributed by atoms with Gasteiger partial charge in [-0.1, -0.05) is 41.7 Å². The number of carbonyl (C=O) groups is 1. The number of anilines is 2. The molecule has 4 aromatic rings. The van der Waals surface area contributed by atoms with Gasteiger partial charge in [0.05, 0.1) is 19.2 Å². The van der Waals surface area contributed by atoms with Crippen molar-refractivity contribution in [3.8, 4) is 10.9 Å². The van der Waals surface area contributed by atoms with Crippen molar-refractivity contribution in [1.82, 2.24) is 20.1 Å². The third-order valence-electron chi connectivity index (χ3n) is 6.88. The van der Waals surface area contributed by atoms with E-state index in [-0.39, 0.29) is 17.9 Å². The SMILES string of the molecule is CCOc1ccc(NCc2cccn2-c2nnc(N3CCC(C(=O)N[C@H](C)c4ccccc4)CC3)s2)cc1. The van der Waals surface area contributed by atoms with Crippen LogP contribution >= 0.6 is 11.3 Å². The van der Waals surface area contributed by atoms with Crippen molar-refractivity contribution >= 4 is 28.1 Å². The van der Waals surface area contributed by atoms with Gasteiger partial charge in [0.15, 0.2) is 0 Å². The zero-order valence-electron chi connectivity index (χ0n) is 21.8. The quantitative estimate of drug-likeness (QED) is 0.284. The van der Waals surface area contributed by atoms with Crippen LogP contribution in [0.2, 0.25) is 0 Å². The van der Waals surface area contributed by atoms with Crippen molar-refractivity contribution in [2.45, 2.75) is 39.3 Å². The summed E-state index contributed by atoms with van der Waals surface area (Å²) in [6.07, 6.45) is 3.63. The topological polar surface area (TPSA) is 84.3 Å². The lowest BCUT2D eigenvalue weighted by Crippen LogP contribution is -2.41. The summed E-state index contributed by atoms with van der Waals surface area (Å²) in [5, 5.41) is 17.3. The average Bonchev–Trinajstić information content (AvgIpc) is 3.63. The summed E-state index contributed by atoms with van der Waals surface area (Å²) >= 11 is 1.58. The molecule has 2 aromatic heterocycles. The fourth-order valence-electron chi connectivity index (χ4n) is 4.70. The minimum atomic E-state index is 0.00661. The number of carbonyl (C=O) groups excluding carboxylic acids is 1. The molecule has 1 fully saturated rings. The van der Waals surface area contributed by atoms with Gasteiger partial charge in [0.25, 0.3) is 0 Å². The first-order chi connectivity index (χ1) is 18.6. The molecule has 1 saturated heterocycles. The number of amides is 1. The summed E-state index contributed by atoms with van der Waals surface area (Å²) in [7, 11) is 0. The number of benzene rings is 2. The van der Waals surface area contributed by atoms with Crippen LogP contribution in [0.3, 0.4) is 0 Å². The van der Waals surface area contributed by atoms with Crippen molar-refractivity contribution in [2.24, 2.45) is 5.92 Å². The lowest BCUT2D eigenvalue weighted by atomic mass is 9.95. The molecule has 198 valence electrons. The zero-order chi connectivity index (χ0) is 26.3. The summed E-state index contributed by atoms with van der Waals surface area (Å²) in [5.74, 6) is 1.03. The van der Waals surface area contributed by atoms with Crippen molar-refractivity contribution in [1.29, 1.82) is 0 Å². The first kappa shape index (κ1) is 25.8. The van der Waals surface area contributed by atoms with Gasteiger partial charge in [-0.05, 0) is 68.7 Å². The fourth-order valence-corrected chi connectivity index (χ4v) is 5.61. The summed E-state index contributed by atoms with van der Waals surface area (Å²) in [6.45, 7) is 6.93. The van der Waals surface area contributed by atoms with Crippen LogP contribution in [0.1, 0.15) is 44.0 Å². The molecule has 1 amide bonds. The number of hydrogen-bond acceptors (Lipinski definition) is 7. The van der Waals surface area contributed by atoms with Crippen molar-refractivity contribution in [2.75, 3.05) is 29.9 Å². The highest BCUT2D eigenvalue weighted by molar-refractivity contribution is 7.17. The maximum absolute atomic E-state index is 12.9. The molecule has 1 aliphatic heterocycles. The molecular weight excluding hydrogens is 496 g/mol. The molecule has 0 bridgehead atoms. The number of nitrogens with zero attached hydrogens (tertiary/aromatic N) is 4. The molecule has 0 radical (unpaired) electrons. The number of nitrogens with one attached hydrogen (secondary N) is 2. The molecule has 5 rings (SSSR count). The van der Waals surface area contributed by atoms with Crippen molar-refractivity contribution < 1.29 is 9.53 Å². The van der Waals surface area contributed by atoms with Gasteiger partial charge in [0.2, 0.25) is 16.2 Å². The van der Waals surface area contributed by atoms with E-state index in [0.717, 1.165) is 58.9 Å². The lowest BCUT2D eigenvalue weighted by Gasteiger charge is -2.31. The highest BCUT2D eigenvalue weighted by atomic mass is 32.1. The van der Waals surface area contributed by atoms with Gasteiger partial charge in [-0.25, -0.2) is 0 Å². The van der Waals surface area contributed by atoms with E-state index in [9.17, 15) is 4.79 Å². The van der Waals surface area contributed by atoms with Crippen molar-refractivity contribution in [3.05, 3.63) is 84.2 Å². The molecule has 0 saturated carbocycles. The molecular formula is C29H34N6O2S. The van der Waals surface area contributed by atoms with Crippen LogP contribution < -0.4 is 20.3 Å². The minimum absolute atomic E-state index is 0.00661. The Balaban J connectivity index is 1.14. The van der Waals surface area contributed by atoms with E-state index in [1.165, 1.54) is 0 Å². The molecule has 8 nitrogen and oxygen atoms in total. The summed E-state index contributed by atoms with van der Waals surface area (Å²) in [6, 6.07) is 22.2. The zero-order valence-corrected chi connectivity index (χ0v) is 22.7. The largest absolute Gasteiger partial charge is 0.494 e. The van der Waals surface area contributed by atoms with Gasteiger partial charge in [-0.3, -0.25) is 9.36 Å². The third-order valence-corrected chi connectivity index (χ3v) is 7.86. The fraction of sp³-hybridized carbons (Fsp3) is 0.345. The Kier molecular flexibility index (Phi) is 8.23. The Morgan fingerprint density at radius 1 is 1.03 bits per heavy atom. The van der Waals surface area contributed by atoms with Gasteiger partial charge >= 0.3 is 0 Å². The summed E-state index contributed by atoms with van der Waals surface area (Å²) in [4.78, 5) is 15.1. The normalized spacial score (nSPS) is 14.7. The maximum atomic E-state index is 12.9. The monoisotopic (exact) mass is 530 g/mol. The van der Waals surface area contributed by atoms with Crippen LogP contribution in [0.5, 0.6) is 5.75 Å². The molecule has 38 heavy (non-hydrogen) atoms. The van der Waals surface area contributed by atoms with Gasteiger partial charge in [-0.2, -0.15) is 0 Å². The van der Waals surface area contributed by atoms with Crippen LogP contribution in [0.4, 0.5) is 10.8 Å². The maximum Gasteiger partial charge on any atom is 0.223 e. The molecule has 3 heterocycles. The minimum Gasteiger partial charge on any atom is -0.494 e. The number of ether oxygens (including phenoxy) is 1. The van der Waals surface area contributed by atoms with E-state index in [0.29, 0.717) is 13.2 Å². The second-order valence-electron chi connectivity index (χ2n) is 9.45. The lowest BCUT2D eigenvalue weighted by molar-refractivity contribution is -0.126. The van der Waals surface area contributed by atoms with Crippen LogP contribution in [0.25, 0.3) is 5.13 Å². The molecule has 2 aromatic carbocycles. The van der Waals surface area contributed by atoms with Crippen LogP contribution in [-0.4, -0.2) is 40.4 Å². The Labute approximate surface area is 227 Å². The Morgan fingerprint density at radius 2 is 1.76 bits per heavy atom. The molecule has 1 aliphatic rings. The molecule has 9 heteroatoms. The van der Waals surface area contributed by atoms with Crippen LogP contribution in [0, 0.1) is 5.92 Å². The first-order valence-electron chi connectivity index (χ1n) is 13.2. The smallest absolute Gasteiger partial charge is 0.223 e. The number of piperidine rings is 1. The van der Waals surface area contributed by atoms with Gasteiger partial charge in [0, 0.05) is 36.6 Å². The predicted octanol–water partition coefficient (Wildman–Crippen LogP) is 5.43. The Hall–Kier alpha value is -3.85. The Bertz CT molecular complexity index is 1310. The van der Waals surface area contributed by atoms with Crippen molar-refractivity contribution in [3.63, 3.8) is 0 Å². The first-order valence-corrected chi connectivity index (χ1v) is 14.0. The standard InChI is InChI=1S/C29H34N6O2S/c1-3-37-26-13-11-24(12-14-26)30-20-25-10-7-17-35(25)29-33-32-28(38-29)34-18-15-23(16-19-34)27(36)31-21(2)22-8-5-4-6-9-22/h4-14,17,21,23,30H,3,15-16,18-20H2,1-2H3,(H,31,36)/t21-/m1/s1. The second-order valence-corrected chi connectivity index (χ2v) is 10.4. The molecule has 0 unspecified atom stereocenters. The average molecular weight is 531 g/mol. The molecule has 0 aliphatic carbocycles. The molecule has 2 N–H and O–H groups in total.